The van der Waals surface area contributed by atoms with Gasteiger partial charge in [-0.05, 0) is 30.2 Å². The number of hydrogen-bond acceptors (Lipinski definition) is 3. The van der Waals surface area contributed by atoms with Crippen molar-refractivity contribution < 1.29 is 13.2 Å². The van der Waals surface area contributed by atoms with Crippen LogP contribution in [0.2, 0.25) is 0 Å². The average Bonchev–Trinajstić information content (AvgIpc) is 2.53. The molecule has 0 bridgehead atoms. The number of piperidine rings is 1. The molecule has 2 rings (SSSR count). The lowest BCUT2D eigenvalue weighted by Crippen LogP contribution is -2.42. The number of sulfone groups is 1. The van der Waals surface area contributed by atoms with E-state index in [2.05, 4.69) is 31.2 Å². The molecule has 0 radical (unpaired) electrons. The standard InChI is InChI=1S/C18H27NO3S/c1-3-15-14-19(18(20)10-7-13-23(2,21)22)12-11-17(15)16-8-5-4-6-9-16/h4-6,8-9,15,17H,3,7,10-14H2,1-2H3/t15-,17-/m0/s1. The minimum atomic E-state index is -2.98. The van der Waals surface area contributed by atoms with Gasteiger partial charge in [0, 0.05) is 25.8 Å². The van der Waals surface area contributed by atoms with Gasteiger partial charge in [-0.2, -0.15) is 0 Å². The van der Waals surface area contributed by atoms with E-state index >= 15 is 0 Å². The number of likely N-dealkylation sites (tertiary alicyclic amines) is 1. The van der Waals surface area contributed by atoms with Crippen LogP contribution in [0, 0.1) is 5.92 Å². The Bertz CT molecular complexity index is 612. The molecule has 1 saturated heterocycles. The zero-order chi connectivity index (χ0) is 16.9. The number of nitrogens with zero attached hydrogens (tertiary/aromatic N) is 1. The Kier molecular flexibility index (Phi) is 6.22. The molecule has 0 aliphatic carbocycles. The molecule has 1 aromatic carbocycles. The van der Waals surface area contributed by atoms with Gasteiger partial charge in [-0.25, -0.2) is 8.42 Å². The fourth-order valence-electron chi connectivity index (χ4n) is 3.46. The Hall–Kier alpha value is -1.36. The number of amides is 1. The molecule has 1 aliphatic heterocycles. The first-order chi connectivity index (χ1) is 10.9. The number of carbonyl (C=O) groups is 1. The Balaban J connectivity index is 1.92. The minimum absolute atomic E-state index is 0.0937. The first kappa shape index (κ1) is 18.0. The van der Waals surface area contributed by atoms with Crippen molar-refractivity contribution in [3.63, 3.8) is 0 Å². The molecule has 0 saturated carbocycles. The van der Waals surface area contributed by atoms with Gasteiger partial charge in [0.1, 0.15) is 9.84 Å². The smallest absolute Gasteiger partial charge is 0.222 e. The molecule has 0 aromatic heterocycles. The molecule has 0 unspecified atom stereocenters. The quantitative estimate of drug-likeness (QED) is 0.802. The van der Waals surface area contributed by atoms with Crippen LogP contribution in [0.3, 0.4) is 0 Å². The number of benzene rings is 1. The first-order valence-electron chi connectivity index (χ1n) is 8.41. The summed E-state index contributed by atoms with van der Waals surface area (Å²) < 4.78 is 22.3. The van der Waals surface area contributed by atoms with E-state index < -0.39 is 9.84 Å². The number of carbonyl (C=O) groups excluding carboxylic acids is 1. The maximum absolute atomic E-state index is 12.3. The third-order valence-electron chi connectivity index (χ3n) is 4.74. The van der Waals surface area contributed by atoms with Crippen LogP contribution < -0.4 is 0 Å². The lowest BCUT2D eigenvalue weighted by molar-refractivity contribution is -0.133. The van der Waals surface area contributed by atoms with Crippen molar-refractivity contribution >= 4 is 15.7 Å². The lowest BCUT2D eigenvalue weighted by Gasteiger charge is -2.38. The van der Waals surface area contributed by atoms with Gasteiger partial charge in [0.15, 0.2) is 0 Å². The monoisotopic (exact) mass is 337 g/mol. The van der Waals surface area contributed by atoms with E-state index in [4.69, 9.17) is 0 Å². The van der Waals surface area contributed by atoms with Crippen molar-refractivity contribution in [1.82, 2.24) is 4.90 Å². The second-order valence-corrected chi connectivity index (χ2v) is 8.81. The SMILES string of the molecule is CC[C@H]1CN(C(=O)CCCS(C)(=O)=O)CC[C@@H]1c1ccccc1. The predicted octanol–water partition coefficient (Wildman–Crippen LogP) is 2.85. The average molecular weight is 337 g/mol. The summed E-state index contributed by atoms with van der Waals surface area (Å²) in [6.45, 7) is 3.74. The van der Waals surface area contributed by atoms with E-state index in [1.807, 2.05) is 11.0 Å². The van der Waals surface area contributed by atoms with Gasteiger partial charge in [-0.1, -0.05) is 43.7 Å². The van der Waals surface area contributed by atoms with Crippen LogP contribution in [0.25, 0.3) is 0 Å². The van der Waals surface area contributed by atoms with Crippen LogP contribution in [0.4, 0.5) is 0 Å². The zero-order valence-electron chi connectivity index (χ0n) is 14.1. The zero-order valence-corrected chi connectivity index (χ0v) is 14.9. The van der Waals surface area contributed by atoms with Gasteiger partial charge in [-0.3, -0.25) is 4.79 Å². The summed E-state index contributed by atoms with van der Waals surface area (Å²) in [5, 5.41) is 0. The van der Waals surface area contributed by atoms with E-state index in [0.29, 0.717) is 24.7 Å². The number of rotatable bonds is 6. The molecule has 0 N–H and O–H groups in total. The van der Waals surface area contributed by atoms with Crippen LogP contribution in [-0.2, 0) is 14.6 Å². The summed E-state index contributed by atoms with van der Waals surface area (Å²) in [7, 11) is -2.98. The highest BCUT2D eigenvalue weighted by atomic mass is 32.2. The molecule has 1 aromatic rings. The first-order valence-corrected chi connectivity index (χ1v) is 10.5. The van der Waals surface area contributed by atoms with Crippen molar-refractivity contribution in [2.24, 2.45) is 5.92 Å². The molecule has 1 heterocycles. The second-order valence-electron chi connectivity index (χ2n) is 6.55. The van der Waals surface area contributed by atoms with E-state index in [1.165, 1.54) is 11.8 Å². The number of hydrogen-bond donors (Lipinski definition) is 0. The molecule has 2 atom stereocenters. The molecule has 1 fully saturated rings. The van der Waals surface area contributed by atoms with Crippen molar-refractivity contribution in [1.29, 1.82) is 0 Å². The van der Waals surface area contributed by atoms with Gasteiger partial charge < -0.3 is 4.90 Å². The molecule has 0 spiro atoms. The summed E-state index contributed by atoms with van der Waals surface area (Å²) in [6.07, 6.45) is 4.01. The third-order valence-corrected chi connectivity index (χ3v) is 5.77. The summed E-state index contributed by atoms with van der Waals surface area (Å²) in [5.41, 5.74) is 1.36. The molecule has 4 nitrogen and oxygen atoms in total. The Morgan fingerprint density at radius 2 is 1.96 bits per heavy atom. The predicted molar refractivity (Wildman–Crippen MR) is 93.1 cm³/mol. The van der Waals surface area contributed by atoms with E-state index in [1.54, 1.807) is 0 Å². The van der Waals surface area contributed by atoms with Gasteiger partial charge in [-0.15, -0.1) is 0 Å². The van der Waals surface area contributed by atoms with Crippen LogP contribution in [0.5, 0.6) is 0 Å². The molecule has 23 heavy (non-hydrogen) atoms. The van der Waals surface area contributed by atoms with Crippen molar-refractivity contribution in [3.05, 3.63) is 35.9 Å². The maximum Gasteiger partial charge on any atom is 0.222 e. The van der Waals surface area contributed by atoms with Crippen molar-refractivity contribution in [3.8, 4) is 0 Å². The Morgan fingerprint density at radius 1 is 1.26 bits per heavy atom. The second kappa shape index (κ2) is 7.95. The summed E-state index contributed by atoms with van der Waals surface area (Å²) in [4.78, 5) is 14.2. The normalized spacial score (nSPS) is 22.1. The Morgan fingerprint density at radius 3 is 2.57 bits per heavy atom. The molecule has 1 aliphatic rings. The highest BCUT2D eigenvalue weighted by Crippen LogP contribution is 2.35. The fraction of sp³-hybridized carbons (Fsp3) is 0.611. The van der Waals surface area contributed by atoms with E-state index in [-0.39, 0.29) is 11.7 Å². The molecular formula is C18H27NO3S. The van der Waals surface area contributed by atoms with Crippen LogP contribution in [0.1, 0.15) is 44.1 Å². The summed E-state index contributed by atoms with van der Waals surface area (Å²) >= 11 is 0. The highest BCUT2D eigenvalue weighted by molar-refractivity contribution is 7.90. The van der Waals surface area contributed by atoms with Gasteiger partial charge in [0.2, 0.25) is 5.91 Å². The molecule has 1 amide bonds. The largest absolute Gasteiger partial charge is 0.342 e. The van der Waals surface area contributed by atoms with E-state index in [9.17, 15) is 13.2 Å². The van der Waals surface area contributed by atoms with Crippen molar-refractivity contribution in [2.45, 2.75) is 38.5 Å². The van der Waals surface area contributed by atoms with Crippen LogP contribution >= 0.6 is 0 Å². The molecule has 128 valence electrons. The van der Waals surface area contributed by atoms with Crippen LogP contribution in [0.15, 0.2) is 30.3 Å². The van der Waals surface area contributed by atoms with Gasteiger partial charge in [0.25, 0.3) is 0 Å². The lowest BCUT2D eigenvalue weighted by atomic mass is 9.79. The van der Waals surface area contributed by atoms with Gasteiger partial charge in [0.05, 0.1) is 5.75 Å². The van der Waals surface area contributed by atoms with Crippen molar-refractivity contribution in [2.75, 3.05) is 25.1 Å². The minimum Gasteiger partial charge on any atom is -0.342 e. The Labute approximate surface area is 139 Å². The van der Waals surface area contributed by atoms with Crippen LogP contribution in [-0.4, -0.2) is 44.3 Å². The molecule has 5 heteroatoms. The van der Waals surface area contributed by atoms with Gasteiger partial charge >= 0.3 is 0 Å². The van der Waals surface area contributed by atoms with E-state index in [0.717, 1.165) is 25.9 Å². The maximum atomic E-state index is 12.3. The summed E-state index contributed by atoms with van der Waals surface area (Å²) in [5.74, 6) is 1.18. The fourth-order valence-corrected chi connectivity index (χ4v) is 4.12. The topological polar surface area (TPSA) is 54.5 Å². The third kappa shape index (κ3) is 5.34. The molecular weight excluding hydrogens is 310 g/mol. The summed E-state index contributed by atoms with van der Waals surface area (Å²) in [6, 6.07) is 10.5. The highest BCUT2D eigenvalue weighted by Gasteiger charge is 2.30.